The Morgan fingerprint density at radius 1 is 1.43 bits per heavy atom. The summed E-state index contributed by atoms with van der Waals surface area (Å²) in [5.74, 6) is -0.145. The highest BCUT2D eigenvalue weighted by molar-refractivity contribution is 5.94. The Bertz CT molecular complexity index is 304. The van der Waals surface area contributed by atoms with E-state index in [4.69, 9.17) is 4.74 Å². The largest absolute Gasteiger partial charge is 0.368 e. The first kappa shape index (κ1) is 10.8. The van der Waals surface area contributed by atoms with Crippen molar-refractivity contribution in [3.8, 4) is 0 Å². The summed E-state index contributed by atoms with van der Waals surface area (Å²) < 4.78 is 5.33. The van der Waals surface area contributed by atoms with Crippen LogP contribution < -0.4 is 0 Å². The lowest BCUT2D eigenvalue weighted by atomic mass is 10.2. The lowest BCUT2D eigenvalue weighted by molar-refractivity contribution is 0.00285. The van der Waals surface area contributed by atoms with Crippen molar-refractivity contribution in [1.29, 1.82) is 0 Å². The summed E-state index contributed by atoms with van der Waals surface area (Å²) in [5.41, 5.74) is 0.0365. The van der Waals surface area contributed by atoms with Crippen LogP contribution in [0.5, 0.6) is 0 Å². The Morgan fingerprint density at radius 3 is 2.64 bits per heavy atom. The highest BCUT2D eigenvalue weighted by Crippen LogP contribution is 2.07. The van der Waals surface area contributed by atoms with Crippen molar-refractivity contribution in [1.82, 2.24) is 9.97 Å². The molecule has 0 N–H and O–H groups in total. The van der Waals surface area contributed by atoms with Gasteiger partial charge in [0.2, 0.25) is 5.78 Å². The highest BCUT2D eigenvalue weighted by atomic mass is 16.5. The third kappa shape index (κ3) is 3.62. The van der Waals surface area contributed by atoms with Crippen LogP contribution in [0.3, 0.4) is 0 Å². The summed E-state index contributed by atoms with van der Waals surface area (Å²) in [6, 6.07) is 0. The van der Waals surface area contributed by atoms with E-state index in [0.29, 0.717) is 5.69 Å². The first-order valence-electron chi connectivity index (χ1n) is 4.42. The van der Waals surface area contributed by atoms with Gasteiger partial charge in [0.15, 0.2) is 0 Å². The molecule has 1 heterocycles. The molecule has 0 bridgehead atoms. The van der Waals surface area contributed by atoms with Gasteiger partial charge in [0.1, 0.15) is 12.3 Å². The molecule has 0 aromatic carbocycles. The van der Waals surface area contributed by atoms with Gasteiger partial charge in [-0.1, -0.05) is 0 Å². The number of aromatic nitrogens is 2. The van der Waals surface area contributed by atoms with Crippen molar-refractivity contribution in [3.05, 3.63) is 24.3 Å². The van der Waals surface area contributed by atoms with Crippen LogP contribution in [0.1, 0.15) is 31.3 Å². The fraction of sp³-hybridized carbons (Fsp3) is 0.500. The smallest absolute Gasteiger partial charge is 0.208 e. The Kier molecular flexibility index (Phi) is 3.30. The van der Waals surface area contributed by atoms with E-state index in [2.05, 4.69) is 9.97 Å². The number of hydrogen-bond donors (Lipinski definition) is 0. The predicted octanol–water partition coefficient (Wildman–Crippen LogP) is 1.47. The molecular formula is C10H14N2O2. The zero-order valence-electron chi connectivity index (χ0n) is 8.65. The molecule has 0 amide bonds. The van der Waals surface area contributed by atoms with Crippen molar-refractivity contribution >= 4 is 5.78 Å². The zero-order chi connectivity index (χ0) is 10.6. The SMILES string of the molecule is CC(C)(C)OCC(=O)c1cnccn1. The van der Waals surface area contributed by atoms with Gasteiger partial charge >= 0.3 is 0 Å². The first-order valence-corrected chi connectivity index (χ1v) is 4.42. The minimum absolute atomic E-state index is 0.0438. The molecule has 1 aromatic rings. The lowest BCUT2D eigenvalue weighted by Crippen LogP contribution is -2.24. The molecule has 0 saturated carbocycles. The van der Waals surface area contributed by atoms with Gasteiger partial charge in [-0.05, 0) is 20.8 Å². The fourth-order valence-electron chi connectivity index (χ4n) is 0.799. The van der Waals surface area contributed by atoms with Gasteiger partial charge in [-0.3, -0.25) is 9.78 Å². The summed E-state index contributed by atoms with van der Waals surface area (Å²) in [4.78, 5) is 19.2. The minimum Gasteiger partial charge on any atom is -0.368 e. The second-order valence-electron chi connectivity index (χ2n) is 3.91. The Balaban J connectivity index is 2.52. The van der Waals surface area contributed by atoms with Crippen molar-refractivity contribution in [2.24, 2.45) is 0 Å². The number of rotatable bonds is 3. The van der Waals surface area contributed by atoms with Crippen molar-refractivity contribution in [3.63, 3.8) is 0 Å². The van der Waals surface area contributed by atoms with Crippen molar-refractivity contribution in [2.45, 2.75) is 26.4 Å². The summed E-state index contributed by atoms with van der Waals surface area (Å²) in [6.07, 6.45) is 4.46. The van der Waals surface area contributed by atoms with E-state index in [1.807, 2.05) is 20.8 Å². The van der Waals surface area contributed by atoms with E-state index >= 15 is 0 Å². The van der Waals surface area contributed by atoms with Crippen LogP contribution >= 0.6 is 0 Å². The van der Waals surface area contributed by atoms with Gasteiger partial charge in [0.25, 0.3) is 0 Å². The molecule has 14 heavy (non-hydrogen) atoms. The Hall–Kier alpha value is -1.29. The molecule has 0 aliphatic heterocycles. The number of ether oxygens (including phenoxy) is 1. The maximum Gasteiger partial charge on any atom is 0.208 e. The highest BCUT2D eigenvalue weighted by Gasteiger charge is 2.14. The Labute approximate surface area is 83.3 Å². The molecule has 0 fully saturated rings. The van der Waals surface area contributed by atoms with E-state index in [1.54, 1.807) is 0 Å². The van der Waals surface area contributed by atoms with E-state index < -0.39 is 0 Å². The van der Waals surface area contributed by atoms with Gasteiger partial charge < -0.3 is 4.74 Å². The second-order valence-corrected chi connectivity index (χ2v) is 3.91. The standard InChI is InChI=1S/C10H14N2O2/c1-10(2,3)14-7-9(13)8-6-11-4-5-12-8/h4-6H,7H2,1-3H3. The minimum atomic E-state index is -0.308. The van der Waals surface area contributed by atoms with E-state index in [1.165, 1.54) is 18.6 Å². The number of nitrogens with zero attached hydrogens (tertiary/aromatic N) is 2. The summed E-state index contributed by atoms with van der Waals surface area (Å²) in [7, 11) is 0. The maximum atomic E-state index is 11.5. The van der Waals surface area contributed by atoms with Gasteiger partial charge in [-0.25, -0.2) is 4.98 Å². The average molecular weight is 194 g/mol. The molecule has 0 radical (unpaired) electrons. The molecule has 0 aliphatic rings. The topological polar surface area (TPSA) is 52.1 Å². The number of Topliss-reactive ketones (excluding diaryl/α,β-unsaturated/α-hetero) is 1. The molecule has 1 aromatic heterocycles. The molecule has 4 nitrogen and oxygen atoms in total. The van der Waals surface area contributed by atoms with Crippen molar-refractivity contribution in [2.75, 3.05) is 6.61 Å². The monoisotopic (exact) mass is 194 g/mol. The molecule has 76 valence electrons. The van der Waals surface area contributed by atoms with Crippen LogP contribution in [-0.2, 0) is 4.74 Å². The quantitative estimate of drug-likeness (QED) is 0.684. The Morgan fingerprint density at radius 2 is 2.14 bits per heavy atom. The number of carbonyl (C=O) groups is 1. The second kappa shape index (κ2) is 4.28. The summed E-state index contributed by atoms with van der Waals surface area (Å²) in [6.45, 7) is 5.74. The molecule has 0 saturated heterocycles. The van der Waals surface area contributed by atoms with E-state index in [9.17, 15) is 4.79 Å². The van der Waals surface area contributed by atoms with Gasteiger partial charge in [0.05, 0.1) is 11.8 Å². The number of ketones is 1. The van der Waals surface area contributed by atoms with E-state index in [-0.39, 0.29) is 18.0 Å². The maximum absolute atomic E-state index is 11.5. The van der Waals surface area contributed by atoms with Crippen LogP contribution in [0.25, 0.3) is 0 Å². The molecule has 0 unspecified atom stereocenters. The van der Waals surface area contributed by atoms with Crippen LogP contribution in [0.15, 0.2) is 18.6 Å². The van der Waals surface area contributed by atoms with E-state index in [0.717, 1.165) is 0 Å². The fourth-order valence-corrected chi connectivity index (χ4v) is 0.799. The van der Waals surface area contributed by atoms with Gasteiger partial charge in [-0.15, -0.1) is 0 Å². The molecule has 4 heteroatoms. The van der Waals surface area contributed by atoms with Gasteiger partial charge in [0, 0.05) is 12.4 Å². The zero-order valence-corrected chi connectivity index (χ0v) is 8.65. The number of carbonyl (C=O) groups excluding carboxylic acids is 1. The molecule has 0 atom stereocenters. The first-order chi connectivity index (χ1) is 6.49. The van der Waals surface area contributed by atoms with Crippen LogP contribution in [-0.4, -0.2) is 28.0 Å². The molecular weight excluding hydrogens is 180 g/mol. The normalized spacial score (nSPS) is 11.4. The molecule has 0 aliphatic carbocycles. The van der Waals surface area contributed by atoms with Crippen molar-refractivity contribution < 1.29 is 9.53 Å². The van der Waals surface area contributed by atoms with Crippen LogP contribution in [0.4, 0.5) is 0 Å². The molecule has 0 spiro atoms. The average Bonchev–Trinajstić information content (AvgIpc) is 2.14. The third-order valence-electron chi connectivity index (χ3n) is 1.49. The van der Waals surface area contributed by atoms with Crippen LogP contribution in [0.2, 0.25) is 0 Å². The van der Waals surface area contributed by atoms with Gasteiger partial charge in [-0.2, -0.15) is 0 Å². The lowest BCUT2D eigenvalue weighted by Gasteiger charge is -2.18. The predicted molar refractivity (Wildman–Crippen MR) is 52.1 cm³/mol. The number of hydrogen-bond acceptors (Lipinski definition) is 4. The molecule has 1 rings (SSSR count). The summed E-state index contributed by atoms with van der Waals surface area (Å²) in [5, 5.41) is 0. The van der Waals surface area contributed by atoms with Crippen LogP contribution in [0, 0.1) is 0 Å². The third-order valence-corrected chi connectivity index (χ3v) is 1.49. The summed E-state index contributed by atoms with van der Waals surface area (Å²) >= 11 is 0.